The van der Waals surface area contributed by atoms with Crippen LogP contribution in [0.5, 0.6) is 0 Å². The first-order valence-corrected chi connectivity index (χ1v) is 7.09. The van der Waals surface area contributed by atoms with Gasteiger partial charge in [-0.3, -0.25) is 5.10 Å². The van der Waals surface area contributed by atoms with Crippen molar-refractivity contribution in [2.75, 3.05) is 0 Å². The summed E-state index contributed by atoms with van der Waals surface area (Å²) in [6, 6.07) is 0. The van der Waals surface area contributed by atoms with Crippen LogP contribution in [0.2, 0.25) is 0 Å². The SMILES string of the molecule is C[C@H]1CCc2[nH]nc(-c3nc(-c4cn(C)cn4)no3)c2C1. The maximum atomic E-state index is 5.38. The lowest BCUT2D eigenvalue weighted by Crippen LogP contribution is -2.10. The first-order valence-electron chi connectivity index (χ1n) is 7.09. The van der Waals surface area contributed by atoms with E-state index >= 15 is 0 Å². The predicted molar refractivity (Wildman–Crippen MR) is 75.3 cm³/mol. The van der Waals surface area contributed by atoms with Crippen molar-refractivity contribution in [1.82, 2.24) is 29.9 Å². The number of hydrogen-bond acceptors (Lipinski definition) is 5. The molecule has 0 unspecified atom stereocenters. The largest absolute Gasteiger partial charge is 0.340 e. The number of rotatable bonds is 2. The Balaban J connectivity index is 1.72. The lowest BCUT2D eigenvalue weighted by Gasteiger charge is -2.17. The van der Waals surface area contributed by atoms with E-state index in [4.69, 9.17) is 4.52 Å². The molecule has 0 spiro atoms. The molecule has 3 heterocycles. The van der Waals surface area contributed by atoms with E-state index in [2.05, 4.69) is 32.2 Å². The molecule has 1 aliphatic carbocycles. The quantitative estimate of drug-likeness (QED) is 0.777. The molecule has 0 aromatic carbocycles. The summed E-state index contributed by atoms with van der Waals surface area (Å²) in [6.07, 6.45) is 6.80. The second kappa shape index (κ2) is 4.54. The third-order valence-electron chi connectivity index (χ3n) is 3.96. The highest BCUT2D eigenvalue weighted by Gasteiger charge is 2.25. The molecule has 1 N–H and O–H groups in total. The van der Waals surface area contributed by atoms with Gasteiger partial charge < -0.3 is 9.09 Å². The van der Waals surface area contributed by atoms with Gasteiger partial charge >= 0.3 is 0 Å². The minimum Gasteiger partial charge on any atom is -0.340 e. The standard InChI is InChI=1S/C14H16N6O/c1-8-3-4-10-9(5-8)12(18-17-10)14-16-13(19-21-14)11-6-20(2)7-15-11/h6-8H,3-5H2,1-2H3,(H,17,18)/t8-/m0/s1. The fourth-order valence-electron chi connectivity index (χ4n) is 2.80. The normalized spacial score (nSPS) is 17.9. The molecule has 3 aromatic heterocycles. The number of nitrogens with zero attached hydrogens (tertiary/aromatic N) is 5. The van der Waals surface area contributed by atoms with Gasteiger partial charge in [-0.1, -0.05) is 12.1 Å². The van der Waals surface area contributed by atoms with Crippen molar-refractivity contribution in [3.63, 3.8) is 0 Å². The number of imidazole rings is 1. The molecule has 0 aliphatic heterocycles. The van der Waals surface area contributed by atoms with Gasteiger partial charge in [-0.2, -0.15) is 10.1 Å². The van der Waals surface area contributed by atoms with Crippen LogP contribution in [0.3, 0.4) is 0 Å². The van der Waals surface area contributed by atoms with E-state index in [1.807, 2.05) is 17.8 Å². The van der Waals surface area contributed by atoms with Gasteiger partial charge in [-0.15, -0.1) is 0 Å². The number of fused-ring (bicyclic) bond motifs is 1. The van der Waals surface area contributed by atoms with Crippen molar-refractivity contribution < 1.29 is 4.52 Å². The summed E-state index contributed by atoms with van der Waals surface area (Å²) in [7, 11) is 1.91. The Morgan fingerprint density at radius 2 is 2.33 bits per heavy atom. The molecule has 4 rings (SSSR count). The van der Waals surface area contributed by atoms with E-state index in [0.29, 0.717) is 23.3 Å². The predicted octanol–water partition coefficient (Wildman–Crippen LogP) is 1.98. The Labute approximate surface area is 121 Å². The van der Waals surface area contributed by atoms with E-state index in [1.54, 1.807) is 6.33 Å². The molecule has 0 bridgehead atoms. The minimum atomic E-state index is 0.460. The first-order chi connectivity index (χ1) is 10.2. The summed E-state index contributed by atoms with van der Waals surface area (Å²) in [5.74, 6) is 1.61. The van der Waals surface area contributed by atoms with Crippen LogP contribution in [0.1, 0.15) is 24.6 Å². The van der Waals surface area contributed by atoms with Crippen LogP contribution < -0.4 is 0 Å². The van der Waals surface area contributed by atoms with Crippen LogP contribution in [0.25, 0.3) is 23.1 Å². The van der Waals surface area contributed by atoms with Crippen LogP contribution in [0.4, 0.5) is 0 Å². The Bertz CT molecular complexity index is 783. The van der Waals surface area contributed by atoms with Gasteiger partial charge in [-0.05, 0) is 25.2 Å². The molecular formula is C14H16N6O. The Hall–Kier alpha value is -2.44. The van der Waals surface area contributed by atoms with Crippen molar-refractivity contribution in [2.45, 2.75) is 26.2 Å². The highest BCUT2D eigenvalue weighted by Crippen LogP contribution is 2.31. The first kappa shape index (κ1) is 12.3. The van der Waals surface area contributed by atoms with E-state index in [9.17, 15) is 0 Å². The molecule has 108 valence electrons. The van der Waals surface area contributed by atoms with E-state index in [-0.39, 0.29) is 0 Å². The molecule has 7 nitrogen and oxygen atoms in total. The number of aryl methyl sites for hydroxylation is 2. The lowest BCUT2D eigenvalue weighted by atomic mass is 9.88. The van der Waals surface area contributed by atoms with Crippen LogP contribution in [-0.4, -0.2) is 29.9 Å². The van der Waals surface area contributed by atoms with Crippen molar-refractivity contribution in [3.05, 3.63) is 23.8 Å². The molecule has 0 amide bonds. The Kier molecular flexibility index (Phi) is 2.66. The summed E-state index contributed by atoms with van der Waals surface area (Å²) in [5.41, 5.74) is 3.89. The molecule has 0 saturated carbocycles. The van der Waals surface area contributed by atoms with E-state index < -0.39 is 0 Å². The van der Waals surface area contributed by atoms with Crippen molar-refractivity contribution in [1.29, 1.82) is 0 Å². The Morgan fingerprint density at radius 1 is 1.43 bits per heavy atom. The second-order valence-electron chi connectivity index (χ2n) is 5.72. The average molecular weight is 284 g/mol. The van der Waals surface area contributed by atoms with Crippen molar-refractivity contribution in [2.24, 2.45) is 13.0 Å². The summed E-state index contributed by atoms with van der Waals surface area (Å²) in [5, 5.41) is 11.5. The monoisotopic (exact) mass is 284 g/mol. The summed E-state index contributed by atoms with van der Waals surface area (Å²) >= 11 is 0. The topological polar surface area (TPSA) is 85.4 Å². The van der Waals surface area contributed by atoms with Gasteiger partial charge in [0, 0.05) is 24.5 Å². The van der Waals surface area contributed by atoms with Gasteiger partial charge in [0.15, 0.2) is 5.69 Å². The van der Waals surface area contributed by atoms with Crippen LogP contribution in [-0.2, 0) is 19.9 Å². The van der Waals surface area contributed by atoms with Gasteiger partial charge in [0.05, 0.1) is 6.33 Å². The third kappa shape index (κ3) is 2.05. The summed E-state index contributed by atoms with van der Waals surface area (Å²) < 4.78 is 7.23. The van der Waals surface area contributed by atoms with Gasteiger partial charge in [0.1, 0.15) is 5.69 Å². The highest BCUT2D eigenvalue weighted by atomic mass is 16.5. The molecule has 3 aromatic rings. The molecule has 0 fully saturated rings. The molecule has 21 heavy (non-hydrogen) atoms. The lowest BCUT2D eigenvalue weighted by molar-refractivity contribution is 0.429. The highest BCUT2D eigenvalue weighted by molar-refractivity contribution is 5.58. The van der Waals surface area contributed by atoms with Gasteiger partial charge in [0.2, 0.25) is 5.82 Å². The number of H-pyrrole nitrogens is 1. The zero-order chi connectivity index (χ0) is 14.4. The number of aromatic amines is 1. The van der Waals surface area contributed by atoms with Crippen LogP contribution in [0, 0.1) is 5.92 Å². The second-order valence-corrected chi connectivity index (χ2v) is 5.72. The summed E-state index contributed by atoms with van der Waals surface area (Å²) in [6.45, 7) is 2.26. The Morgan fingerprint density at radius 3 is 3.14 bits per heavy atom. The molecule has 1 atom stereocenters. The van der Waals surface area contributed by atoms with Crippen LogP contribution >= 0.6 is 0 Å². The zero-order valence-corrected chi connectivity index (χ0v) is 12.0. The maximum absolute atomic E-state index is 5.38. The molecule has 1 aliphatic rings. The third-order valence-corrected chi connectivity index (χ3v) is 3.96. The fraction of sp³-hybridized carbons (Fsp3) is 0.429. The molecule has 0 saturated heterocycles. The number of hydrogen-bond donors (Lipinski definition) is 1. The molecular weight excluding hydrogens is 268 g/mol. The average Bonchev–Trinajstić information content (AvgIpc) is 3.16. The van der Waals surface area contributed by atoms with Crippen LogP contribution in [0.15, 0.2) is 17.0 Å². The zero-order valence-electron chi connectivity index (χ0n) is 12.0. The van der Waals surface area contributed by atoms with Gasteiger partial charge in [0.25, 0.3) is 5.89 Å². The summed E-state index contributed by atoms with van der Waals surface area (Å²) in [4.78, 5) is 8.66. The molecule has 0 radical (unpaired) electrons. The minimum absolute atomic E-state index is 0.460. The molecule has 7 heteroatoms. The maximum Gasteiger partial charge on any atom is 0.279 e. The van der Waals surface area contributed by atoms with E-state index in [0.717, 1.165) is 18.5 Å². The van der Waals surface area contributed by atoms with Gasteiger partial charge in [-0.25, -0.2) is 4.98 Å². The fourth-order valence-corrected chi connectivity index (χ4v) is 2.80. The number of aromatic nitrogens is 6. The van der Waals surface area contributed by atoms with Crippen molar-refractivity contribution >= 4 is 0 Å². The van der Waals surface area contributed by atoms with Crippen molar-refractivity contribution in [3.8, 4) is 23.1 Å². The smallest absolute Gasteiger partial charge is 0.279 e. The van der Waals surface area contributed by atoms with E-state index in [1.165, 1.54) is 17.7 Å². The number of nitrogens with one attached hydrogen (secondary N) is 1.